The molecule has 0 unspecified atom stereocenters. The first-order chi connectivity index (χ1) is 14.5. The van der Waals surface area contributed by atoms with Crippen LogP contribution in [0.25, 0.3) is 10.9 Å². The van der Waals surface area contributed by atoms with Crippen LogP contribution in [0.5, 0.6) is 23.0 Å². The number of nitrogens with one attached hydrogen (secondary N) is 2. The highest BCUT2D eigenvalue weighted by atomic mass is 19.1. The van der Waals surface area contributed by atoms with Crippen molar-refractivity contribution in [3.63, 3.8) is 0 Å². The Morgan fingerprint density at radius 1 is 1.03 bits per heavy atom. The summed E-state index contributed by atoms with van der Waals surface area (Å²) in [5, 5.41) is 5.96. The Kier molecular flexibility index (Phi) is 6.90. The molecule has 1 heterocycles. The maximum atomic E-state index is 14.6. The van der Waals surface area contributed by atoms with Crippen molar-refractivity contribution in [1.82, 2.24) is 10.3 Å². The highest BCUT2D eigenvalue weighted by molar-refractivity contribution is 5.90. The molecule has 2 N–H and O–H groups in total. The summed E-state index contributed by atoms with van der Waals surface area (Å²) in [6, 6.07) is 8.96. The van der Waals surface area contributed by atoms with Crippen molar-refractivity contribution < 1.29 is 23.4 Å². The minimum absolute atomic E-state index is 0.0224. The van der Waals surface area contributed by atoms with Gasteiger partial charge in [0.25, 0.3) is 0 Å². The number of rotatable bonds is 8. The highest BCUT2D eigenvalue weighted by Crippen LogP contribution is 2.37. The topological polar surface area (TPSA) is 81.7 Å². The number of methoxy groups -OCH3 is 2. The molecule has 0 saturated heterocycles. The molecule has 0 aliphatic carbocycles. The van der Waals surface area contributed by atoms with E-state index in [0.717, 1.165) is 12.8 Å². The summed E-state index contributed by atoms with van der Waals surface area (Å²) in [5.41, 5.74) is 0.951. The predicted molar refractivity (Wildman–Crippen MR) is 113 cm³/mol. The van der Waals surface area contributed by atoms with Crippen molar-refractivity contribution >= 4 is 22.6 Å². The number of benzene rings is 2. The SMILES string of the molecule is CCCCNC(=O)Nc1ccc(Oc2ccnc3cc(OC)c(OC)cc23)c(F)c1. The maximum absolute atomic E-state index is 14.6. The van der Waals surface area contributed by atoms with E-state index in [1.165, 1.54) is 19.2 Å². The molecule has 0 aliphatic rings. The molecule has 3 aromatic rings. The summed E-state index contributed by atoms with van der Waals surface area (Å²) in [4.78, 5) is 16.1. The Morgan fingerprint density at radius 3 is 2.50 bits per heavy atom. The van der Waals surface area contributed by atoms with Gasteiger partial charge in [-0.2, -0.15) is 0 Å². The van der Waals surface area contributed by atoms with Gasteiger partial charge in [-0.05, 0) is 30.7 Å². The third-order valence-corrected chi connectivity index (χ3v) is 4.43. The Labute approximate surface area is 174 Å². The van der Waals surface area contributed by atoms with Gasteiger partial charge >= 0.3 is 6.03 Å². The molecular weight excluding hydrogens is 389 g/mol. The zero-order valence-electron chi connectivity index (χ0n) is 17.1. The van der Waals surface area contributed by atoms with Gasteiger partial charge in [-0.1, -0.05) is 13.3 Å². The monoisotopic (exact) mass is 413 g/mol. The van der Waals surface area contributed by atoms with E-state index in [1.54, 1.807) is 37.6 Å². The third-order valence-electron chi connectivity index (χ3n) is 4.43. The summed E-state index contributed by atoms with van der Waals surface area (Å²) in [6.45, 7) is 2.60. The van der Waals surface area contributed by atoms with Gasteiger partial charge in [0, 0.05) is 35.9 Å². The summed E-state index contributed by atoms with van der Waals surface area (Å²) in [6.07, 6.45) is 3.42. The zero-order chi connectivity index (χ0) is 21.5. The molecule has 0 atom stereocenters. The molecule has 0 aliphatic heterocycles. The minimum Gasteiger partial charge on any atom is -0.493 e. The lowest BCUT2D eigenvalue weighted by atomic mass is 10.2. The molecule has 1 aromatic heterocycles. The van der Waals surface area contributed by atoms with E-state index in [9.17, 15) is 9.18 Å². The van der Waals surface area contributed by atoms with Crippen LogP contribution < -0.4 is 24.8 Å². The fraction of sp³-hybridized carbons (Fsp3) is 0.273. The molecule has 30 heavy (non-hydrogen) atoms. The second-order valence-electron chi connectivity index (χ2n) is 6.52. The van der Waals surface area contributed by atoms with Gasteiger partial charge in [0.1, 0.15) is 5.75 Å². The van der Waals surface area contributed by atoms with E-state index in [1.807, 2.05) is 6.92 Å². The number of carbonyl (C=O) groups excluding carboxylic acids is 1. The van der Waals surface area contributed by atoms with E-state index >= 15 is 0 Å². The molecule has 0 fully saturated rings. The van der Waals surface area contributed by atoms with Crippen LogP contribution in [0.3, 0.4) is 0 Å². The molecule has 0 saturated carbocycles. The highest BCUT2D eigenvalue weighted by Gasteiger charge is 2.13. The normalized spacial score (nSPS) is 10.5. The number of hydrogen-bond donors (Lipinski definition) is 2. The number of hydrogen-bond acceptors (Lipinski definition) is 5. The van der Waals surface area contributed by atoms with E-state index in [0.29, 0.717) is 40.4 Å². The van der Waals surface area contributed by atoms with Crippen molar-refractivity contribution in [2.75, 3.05) is 26.1 Å². The van der Waals surface area contributed by atoms with Crippen LogP contribution in [0.4, 0.5) is 14.9 Å². The number of halogens is 1. The van der Waals surface area contributed by atoms with E-state index < -0.39 is 5.82 Å². The van der Waals surface area contributed by atoms with Gasteiger partial charge in [0.15, 0.2) is 23.1 Å². The average Bonchev–Trinajstić information content (AvgIpc) is 2.75. The van der Waals surface area contributed by atoms with Crippen molar-refractivity contribution in [2.24, 2.45) is 0 Å². The van der Waals surface area contributed by atoms with Crippen LogP contribution >= 0.6 is 0 Å². The number of nitrogens with zero attached hydrogens (tertiary/aromatic N) is 1. The van der Waals surface area contributed by atoms with E-state index in [-0.39, 0.29) is 11.8 Å². The Bertz CT molecular complexity index is 1040. The minimum atomic E-state index is -0.605. The molecule has 3 rings (SSSR count). The number of fused-ring (bicyclic) bond motifs is 1. The number of ether oxygens (including phenoxy) is 3. The van der Waals surface area contributed by atoms with Gasteiger partial charge in [-0.25, -0.2) is 9.18 Å². The number of pyridine rings is 1. The Hall–Kier alpha value is -3.55. The summed E-state index contributed by atoms with van der Waals surface area (Å²) < 4.78 is 31.0. The molecule has 0 bridgehead atoms. The predicted octanol–water partition coefficient (Wildman–Crippen LogP) is 5.11. The Balaban J connectivity index is 1.81. The van der Waals surface area contributed by atoms with Crippen molar-refractivity contribution in [3.8, 4) is 23.0 Å². The fourth-order valence-electron chi connectivity index (χ4n) is 2.87. The average molecular weight is 413 g/mol. The molecule has 158 valence electrons. The number of urea groups is 1. The smallest absolute Gasteiger partial charge is 0.319 e. The van der Waals surface area contributed by atoms with Crippen LogP contribution in [-0.4, -0.2) is 31.8 Å². The second kappa shape index (κ2) is 9.78. The van der Waals surface area contributed by atoms with Gasteiger partial charge in [-0.3, -0.25) is 4.98 Å². The first-order valence-corrected chi connectivity index (χ1v) is 9.58. The summed E-state index contributed by atoms with van der Waals surface area (Å²) in [5.74, 6) is 0.879. The van der Waals surface area contributed by atoms with Gasteiger partial charge in [0.2, 0.25) is 0 Å². The number of aromatic nitrogens is 1. The molecule has 8 heteroatoms. The first kappa shape index (κ1) is 21.2. The van der Waals surface area contributed by atoms with Crippen molar-refractivity contribution in [3.05, 3.63) is 48.4 Å². The van der Waals surface area contributed by atoms with Gasteiger partial charge < -0.3 is 24.8 Å². The van der Waals surface area contributed by atoms with Gasteiger partial charge in [-0.15, -0.1) is 0 Å². The molecule has 2 aromatic carbocycles. The molecular formula is C22H24FN3O4. The van der Waals surface area contributed by atoms with E-state index in [4.69, 9.17) is 14.2 Å². The zero-order valence-corrected chi connectivity index (χ0v) is 17.1. The fourth-order valence-corrected chi connectivity index (χ4v) is 2.87. The number of amides is 2. The molecule has 0 spiro atoms. The van der Waals surface area contributed by atoms with E-state index in [2.05, 4.69) is 15.6 Å². The van der Waals surface area contributed by atoms with Crippen LogP contribution in [0, 0.1) is 5.82 Å². The quantitative estimate of drug-likeness (QED) is 0.502. The van der Waals surface area contributed by atoms with Crippen LogP contribution in [0.2, 0.25) is 0 Å². The number of anilines is 1. The second-order valence-corrected chi connectivity index (χ2v) is 6.52. The number of carbonyl (C=O) groups is 1. The standard InChI is InChI=1S/C22H24FN3O4/c1-4-5-9-25-22(27)26-14-6-7-19(16(23)11-14)30-18-8-10-24-17-13-21(29-3)20(28-2)12-15(17)18/h6-8,10-13H,4-5,9H2,1-3H3,(H2,25,26,27). The molecule has 2 amide bonds. The first-order valence-electron chi connectivity index (χ1n) is 9.58. The lowest BCUT2D eigenvalue weighted by Crippen LogP contribution is -2.29. The van der Waals surface area contributed by atoms with Crippen LogP contribution in [-0.2, 0) is 0 Å². The van der Waals surface area contributed by atoms with Gasteiger partial charge in [0.05, 0.1) is 19.7 Å². The van der Waals surface area contributed by atoms with Crippen molar-refractivity contribution in [2.45, 2.75) is 19.8 Å². The van der Waals surface area contributed by atoms with Crippen LogP contribution in [0.15, 0.2) is 42.6 Å². The lowest BCUT2D eigenvalue weighted by Gasteiger charge is -2.13. The lowest BCUT2D eigenvalue weighted by molar-refractivity contribution is 0.252. The molecule has 0 radical (unpaired) electrons. The number of unbranched alkanes of at least 4 members (excludes halogenated alkanes) is 1. The van der Waals surface area contributed by atoms with Crippen molar-refractivity contribution in [1.29, 1.82) is 0 Å². The summed E-state index contributed by atoms with van der Waals surface area (Å²) >= 11 is 0. The Morgan fingerprint density at radius 2 is 1.80 bits per heavy atom. The largest absolute Gasteiger partial charge is 0.493 e. The van der Waals surface area contributed by atoms with Crippen LogP contribution in [0.1, 0.15) is 19.8 Å². The third kappa shape index (κ3) is 4.89. The summed E-state index contributed by atoms with van der Waals surface area (Å²) in [7, 11) is 3.07. The maximum Gasteiger partial charge on any atom is 0.319 e. The molecule has 7 nitrogen and oxygen atoms in total.